The second kappa shape index (κ2) is 5.21. The molecule has 88 valence electrons. The molecule has 0 aliphatic carbocycles. The summed E-state index contributed by atoms with van der Waals surface area (Å²) in [5, 5.41) is 13.7. The van der Waals surface area contributed by atoms with Crippen molar-refractivity contribution in [3.8, 4) is 0 Å². The fourth-order valence-electron chi connectivity index (χ4n) is 1.22. The summed E-state index contributed by atoms with van der Waals surface area (Å²) in [6.07, 6.45) is 0.839. The first-order valence-corrected chi connectivity index (χ1v) is 4.83. The van der Waals surface area contributed by atoms with E-state index in [1.165, 1.54) is 6.92 Å². The standard InChI is InChI=1S/C8H14N6O2/c1-3-4-10-7-6(14(15)16)5(2)11-8(12-7)13-9/h3-4,9H2,1-2H3,(H2,10,11,12,13). The highest BCUT2D eigenvalue weighted by Gasteiger charge is 2.21. The van der Waals surface area contributed by atoms with Crippen LogP contribution in [0.3, 0.4) is 0 Å². The summed E-state index contributed by atoms with van der Waals surface area (Å²) in [4.78, 5) is 18.1. The van der Waals surface area contributed by atoms with Crippen molar-refractivity contribution in [1.29, 1.82) is 0 Å². The van der Waals surface area contributed by atoms with Crippen molar-refractivity contribution < 1.29 is 4.92 Å². The predicted molar refractivity (Wildman–Crippen MR) is 60.0 cm³/mol. The Morgan fingerprint density at radius 3 is 2.69 bits per heavy atom. The van der Waals surface area contributed by atoms with Gasteiger partial charge in [0.1, 0.15) is 5.69 Å². The van der Waals surface area contributed by atoms with E-state index in [-0.39, 0.29) is 23.1 Å². The van der Waals surface area contributed by atoms with E-state index >= 15 is 0 Å². The molecule has 8 nitrogen and oxygen atoms in total. The smallest absolute Gasteiger partial charge is 0.332 e. The van der Waals surface area contributed by atoms with Gasteiger partial charge in [-0.25, -0.2) is 10.8 Å². The molecule has 0 radical (unpaired) electrons. The number of nitrogens with two attached hydrogens (primary N) is 1. The number of nitrogens with zero attached hydrogens (tertiary/aromatic N) is 3. The van der Waals surface area contributed by atoms with Gasteiger partial charge < -0.3 is 5.32 Å². The van der Waals surface area contributed by atoms with E-state index in [1.807, 2.05) is 6.92 Å². The molecule has 0 bridgehead atoms. The molecule has 0 saturated carbocycles. The summed E-state index contributed by atoms with van der Waals surface area (Å²) in [6.45, 7) is 4.09. The summed E-state index contributed by atoms with van der Waals surface area (Å²) in [5.74, 6) is 5.51. The number of rotatable bonds is 5. The molecule has 4 N–H and O–H groups in total. The van der Waals surface area contributed by atoms with Crippen LogP contribution in [-0.4, -0.2) is 21.4 Å². The molecule has 0 amide bonds. The Balaban J connectivity index is 3.17. The van der Waals surface area contributed by atoms with Crippen LogP contribution in [-0.2, 0) is 0 Å². The highest BCUT2D eigenvalue weighted by Crippen LogP contribution is 2.25. The lowest BCUT2D eigenvalue weighted by Gasteiger charge is -2.08. The minimum absolute atomic E-state index is 0.118. The van der Waals surface area contributed by atoms with Crippen molar-refractivity contribution in [2.45, 2.75) is 20.3 Å². The maximum atomic E-state index is 10.8. The van der Waals surface area contributed by atoms with E-state index in [0.29, 0.717) is 6.54 Å². The van der Waals surface area contributed by atoms with Gasteiger partial charge in [0.05, 0.1) is 4.92 Å². The van der Waals surface area contributed by atoms with Crippen molar-refractivity contribution in [2.75, 3.05) is 17.3 Å². The van der Waals surface area contributed by atoms with Gasteiger partial charge in [-0.05, 0) is 13.3 Å². The Morgan fingerprint density at radius 1 is 1.50 bits per heavy atom. The van der Waals surface area contributed by atoms with Gasteiger partial charge in [-0.1, -0.05) is 6.92 Å². The third-order valence-corrected chi connectivity index (χ3v) is 1.91. The molecule has 16 heavy (non-hydrogen) atoms. The molecule has 0 fully saturated rings. The minimum atomic E-state index is -0.506. The first kappa shape index (κ1) is 12.1. The minimum Gasteiger partial charge on any atom is -0.364 e. The molecule has 0 unspecified atom stereocenters. The monoisotopic (exact) mass is 226 g/mol. The zero-order chi connectivity index (χ0) is 12.1. The van der Waals surface area contributed by atoms with E-state index in [1.54, 1.807) is 0 Å². The summed E-state index contributed by atoms with van der Waals surface area (Å²) in [7, 11) is 0. The maximum Gasteiger partial charge on any atom is 0.332 e. The molecule has 1 heterocycles. The Kier molecular flexibility index (Phi) is 3.95. The molecular formula is C8H14N6O2. The number of nitrogen functional groups attached to an aromatic ring is 1. The average Bonchev–Trinajstić information content (AvgIpc) is 2.24. The Morgan fingerprint density at radius 2 is 2.19 bits per heavy atom. The third kappa shape index (κ3) is 2.54. The molecule has 0 aromatic carbocycles. The van der Waals surface area contributed by atoms with Gasteiger partial charge in [0.2, 0.25) is 11.8 Å². The lowest BCUT2D eigenvalue weighted by molar-refractivity contribution is -0.385. The van der Waals surface area contributed by atoms with Gasteiger partial charge in [0.25, 0.3) is 0 Å². The first-order valence-electron chi connectivity index (χ1n) is 4.83. The number of hydrogen-bond acceptors (Lipinski definition) is 7. The lowest BCUT2D eigenvalue weighted by Crippen LogP contribution is -2.14. The van der Waals surface area contributed by atoms with Gasteiger partial charge in [0, 0.05) is 6.54 Å². The van der Waals surface area contributed by atoms with Gasteiger partial charge in [-0.3, -0.25) is 15.5 Å². The third-order valence-electron chi connectivity index (χ3n) is 1.91. The van der Waals surface area contributed by atoms with E-state index in [4.69, 9.17) is 5.84 Å². The van der Waals surface area contributed by atoms with E-state index < -0.39 is 4.92 Å². The average molecular weight is 226 g/mol. The second-order valence-corrected chi connectivity index (χ2v) is 3.16. The summed E-state index contributed by atoms with van der Waals surface area (Å²) in [6, 6.07) is 0. The second-order valence-electron chi connectivity index (χ2n) is 3.16. The summed E-state index contributed by atoms with van der Waals surface area (Å²) in [5.41, 5.74) is 2.42. The highest BCUT2D eigenvalue weighted by atomic mass is 16.6. The lowest BCUT2D eigenvalue weighted by atomic mass is 10.3. The van der Waals surface area contributed by atoms with Crippen molar-refractivity contribution in [2.24, 2.45) is 5.84 Å². The van der Waals surface area contributed by atoms with Crippen LogP contribution in [0.2, 0.25) is 0 Å². The number of anilines is 2. The number of nitro groups is 1. The molecule has 0 aliphatic heterocycles. The van der Waals surface area contributed by atoms with Crippen LogP contribution in [0.15, 0.2) is 0 Å². The molecule has 0 atom stereocenters. The number of hydrazine groups is 1. The molecule has 1 aromatic heterocycles. The molecule has 1 aromatic rings. The van der Waals surface area contributed by atoms with Crippen LogP contribution < -0.4 is 16.6 Å². The molecule has 1 rings (SSSR count). The Bertz CT molecular complexity index is 394. The molecule has 0 saturated heterocycles. The topological polar surface area (TPSA) is 119 Å². The highest BCUT2D eigenvalue weighted by molar-refractivity contribution is 5.60. The first-order chi connectivity index (χ1) is 7.60. The van der Waals surface area contributed by atoms with Crippen LogP contribution in [0.4, 0.5) is 17.5 Å². The van der Waals surface area contributed by atoms with Crippen molar-refractivity contribution in [1.82, 2.24) is 9.97 Å². The van der Waals surface area contributed by atoms with Crippen LogP contribution >= 0.6 is 0 Å². The SMILES string of the molecule is CCCNc1nc(NN)nc(C)c1[N+](=O)[O-]. The van der Waals surface area contributed by atoms with E-state index in [9.17, 15) is 10.1 Å². The molecule has 8 heteroatoms. The fraction of sp³-hybridized carbons (Fsp3) is 0.500. The maximum absolute atomic E-state index is 10.8. The normalized spacial score (nSPS) is 9.94. The van der Waals surface area contributed by atoms with E-state index in [0.717, 1.165) is 6.42 Å². The van der Waals surface area contributed by atoms with Crippen LogP contribution in [0.1, 0.15) is 19.0 Å². The molecule has 0 aliphatic rings. The van der Waals surface area contributed by atoms with Crippen LogP contribution in [0.25, 0.3) is 0 Å². The zero-order valence-corrected chi connectivity index (χ0v) is 9.15. The van der Waals surface area contributed by atoms with Crippen LogP contribution in [0.5, 0.6) is 0 Å². The number of aryl methyl sites for hydroxylation is 1. The van der Waals surface area contributed by atoms with Gasteiger partial charge >= 0.3 is 5.69 Å². The number of hydrogen-bond donors (Lipinski definition) is 3. The van der Waals surface area contributed by atoms with Gasteiger partial charge in [-0.15, -0.1) is 0 Å². The number of nitrogens with one attached hydrogen (secondary N) is 2. The Hall–Kier alpha value is -1.96. The summed E-state index contributed by atoms with van der Waals surface area (Å²) < 4.78 is 0. The Labute approximate surface area is 92.4 Å². The quantitative estimate of drug-likeness (QED) is 0.386. The molecular weight excluding hydrogens is 212 g/mol. The fourth-order valence-corrected chi connectivity index (χ4v) is 1.22. The van der Waals surface area contributed by atoms with Crippen molar-refractivity contribution in [3.63, 3.8) is 0 Å². The van der Waals surface area contributed by atoms with Gasteiger partial charge in [0.15, 0.2) is 0 Å². The van der Waals surface area contributed by atoms with Crippen LogP contribution in [0, 0.1) is 17.0 Å². The zero-order valence-electron chi connectivity index (χ0n) is 9.15. The number of aromatic nitrogens is 2. The van der Waals surface area contributed by atoms with Crippen molar-refractivity contribution >= 4 is 17.5 Å². The summed E-state index contributed by atoms with van der Waals surface area (Å²) >= 11 is 0. The van der Waals surface area contributed by atoms with Gasteiger partial charge in [-0.2, -0.15) is 4.98 Å². The van der Waals surface area contributed by atoms with Crippen molar-refractivity contribution in [3.05, 3.63) is 15.8 Å². The predicted octanol–water partition coefficient (Wildman–Crippen LogP) is 0.801. The van der Waals surface area contributed by atoms with E-state index in [2.05, 4.69) is 20.7 Å². The molecule has 0 spiro atoms. The largest absolute Gasteiger partial charge is 0.364 e.